The lowest BCUT2D eigenvalue weighted by Gasteiger charge is -2.30. The number of ether oxygens (including phenoxy) is 1. The Morgan fingerprint density at radius 3 is 2.79 bits per heavy atom. The van der Waals surface area contributed by atoms with Crippen LogP contribution in [0.25, 0.3) is 0 Å². The van der Waals surface area contributed by atoms with Crippen LogP contribution in [0, 0.1) is 19.8 Å². The van der Waals surface area contributed by atoms with Crippen molar-refractivity contribution in [2.45, 2.75) is 45.7 Å². The van der Waals surface area contributed by atoms with E-state index in [0.717, 1.165) is 74.1 Å². The van der Waals surface area contributed by atoms with Gasteiger partial charge in [-0.25, -0.2) is 4.98 Å². The van der Waals surface area contributed by atoms with Crippen molar-refractivity contribution in [2.75, 3.05) is 26.2 Å². The maximum Gasteiger partial charge on any atom is 0.208 e. The monoisotopic (exact) mass is 397 g/mol. The number of likely N-dealkylation sites (tertiary alicyclic amines) is 1. The highest BCUT2D eigenvalue weighted by atomic mass is 16.5. The Morgan fingerprint density at radius 1 is 1.24 bits per heavy atom. The molecule has 0 radical (unpaired) electrons. The lowest BCUT2D eigenvalue weighted by molar-refractivity contribution is 0.166. The SMILES string of the molecule is Cc1nc(CN2CCC(CN=C(N)NC3CCOc4ccccc43)CC2)oc1C. The summed E-state index contributed by atoms with van der Waals surface area (Å²) in [5, 5.41) is 3.38. The number of guanidine groups is 1. The number of nitrogens with two attached hydrogens (primary N) is 1. The molecular weight excluding hydrogens is 366 g/mol. The van der Waals surface area contributed by atoms with Crippen LogP contribution in [0.2, 0.25) is 0 Å². The van der Waals surface area contributed by atoms with Gasteiger partial charge in [0.25, 0.3) is 0 Å². The highest BCUT2D eigenvalue weighted by Gasteiger charge is 2.23. The molecule has 1 atom stereocenters. The zero-order chi connectivity index (χ0) is 20.2. The first kappa shape index (κ1) is 19.8. The van der Waals surface area contributed by atoms with Gasteiger partial charge < -0.3 is 20.2 Å². The van der Waals surface area contributed by atoms with Gasteiger partial charge in [0.2, 0.25) is 5.89 Å². The third-order valence-corrected chi connectivity index (χ3v) is 5.94. The molecule has 0 saturated carbocycles. The van der Waals surface area contributed by atoms with Gasteiger partial charge in [-0.3, -0.25) is 9.89 Å². The van der Waals surface area contributed by atoms with Crippen LogP contribution >= 0.6 is 0 Å². The summed E-state index contributed by atoms with van der Waals surface area (Å²) in [7, 11) is 0. The van der Waals surface area contributed by atoms with Gasteiger partial charge in [-0.2, -0.15) is 0 Å². The predicted octanol–water partition coefficient (Wildman–Crippen LogP) is 2.93. The lowest BCUT2D eigenvalue weighted by Crippen LogP contribution is -2.38. The van der Waals surface area contributed by atoms with Crippen molar-refractivity contribution in [1.82, 2.24) is 15.2 Å². The molecule has 0 amide bonds. The minimum absolute atomic E-state index is 0.165. The lowest BCUT2D eigenvalue weighted by atomic mass is 9.97. The molecule has 1 unspecified atom stereocenters. The molecule has 1 saturated heterocycles. The molecule has 2 aliphatic rings. The fraction of sp³-hybridized carbons (Fsp3) is 0.545. The maximum absolute atomic E-state index is 6.19. The number of aryl methyl sites for hydroxylation is 2. The first-order chi connectivity index (χ1) is 14.1. The van der Waals surface area contributed by atoms with Crippen molar-refractivity contribution < 1.29 is 9.15 Å². The summed E-state index contributed by atoms with van der Waals surface area (Å²) >= 11 is 0. The number of para-hydroxylation sites is 1. The molecule has 0 aliphatic carbocycles. The zero-order valence-corrected chi connectivity index (χ0v) is 17.4. The number of oxazole rings is 1. The van der Waals surface area contributed by atoms with E-state index in [-0.39, 0.29) is 6.04 Å². The van der Waals surface area contributed by atoms with Crippen molar-refractivity contribution in [2.24, 2.45) is 16.6 Å². The van der Waals surface area contributed by atoms with Gasteiger partial charge in [-0.05, 0) is 51.8 Å². The van der Waals surface area contributed by atoms with Crippen molar-refractivity contribution in [1.29, 1.82) is 0 Å². The quantitative estimate of drug-likeness (QED) is 0.596. The highest BCUT2D eigenvalue weighted by Crippen LogP contribution is 2.31. The third-order valence-electron chi connectivity index (χ3n) is 5.94. The van der Waals surface area contributed by atoms with Crippen molar-refractivity contribution >= 4 is 5.96 Å². The Balaban J connectivity index is 1.24. The second-order valence-electron chi connectivity index (χ2n) is 8.07. The smallest absolute Gasteiger partial charge is 0.208 e. The van der Waals surface area contributed by atoms with E-state index in [1.165, 1.54) is 0 Å². The Kier molecular flexibility index (Phi) is 6.04. The molecule has 1 aromatic carbocycles. The molecule has 1 fully saturated rings. The van der Waals surface area contributed by atoms with Gasteiger partial charge >= 0.3 is 0 Å². The topological polar surface area (TPSA) is 88.9 Å². The molecule has 3 heterocycles. The van der Waals surface area contributed by atoms with E-state index in [9.17, 15) is 0 Å². The van der Waals surface area contributed by atoms with Crippen LogP contribution in [0.3, 0.4) is 0 Å². The molecule has 1 aromatic heterocycles. The molecule has 4 rings (SSSR count). The molecule has 3 N–H and O–H groups in total. The molecule has 7 nitrogen and oxygen atoms in total. The molecule has 2 aromatic rings. The van der Waals surface area contributed by atoms with Gasteiger partial charge in [0.05, 0.1) is 24.9 Å². The Bertz CT molecular complexity index is 835. The van der Waals surface area contributed by atoms with Crippen LogP contribution in [0.15, 0.2) is 33.7 Å². The van der Waals surface area contributed by atoms with Gasteiger partial charge in [0.1, 0.15) is 11.5 Å². The van der Waals surface area contributed by atoms with Crippen LogP contribution in [0.4, 0.5) is 0 Å². The Hall–Kier alpha value is -2.54. The number of hydrogen-bond donors (Lipinski definition) is 2. The number of rotatable bonds is 5. The summed E-state index contributed by atoms with van der Waals surface area (Å²) in [6.45, 7) is 8.30. The Morgan fingerprint density at radius 2 is 2.03 bits per heavy atom. The van der Waals surface area contributed by atoms with Crippen LogP contribution in [0.5, 0.6) is 5.75 Å². The van der Waals surface area contributed by atoms with E-state index in [0.29, 0.717) is 18.5 Å². The number of hydrogen-bond acceptors (Lipinski definition) is 5. The van der Waals surface area contributed by atoms with E-state index in [1.54, 1.807) is 0 Å². The summed E-state index contributed by atoms with van der Waals surface area (Å²) in [6.07, 6.45) is 3.14. The average Bonchev–Trinajstić information content (AvgIpc) is 3.04. The van der Waals surface area contributed by atoms with Crippen LogP contribution in [0.1, 0.15) is 48.2 Å². The average molecular weight is 398 g/mol. The maximum atomic E-state index is 6.19. The number of benzene rings is 1. The molecule has 0 spiro atoms. The van der Waals surface area contributed by atoms with Crippen molar-refractivity contribution in [3.05, 3.63) is 47.2 Å². The minimum atomic E-state index is 0.165. The van der Waals surface area contributed by atoms with Gasteiger partial charge in [0, 0.05) is 18.5 Å². The van der Waals surface area contributed by atoms with E-state index in [2.05, 4.69) is 26.3 Å². The number of nitrogens with one attached hydrogen (secondary N) is 1. The molecule has 156 valence electrons. The molecule has 7 heteroatoms. The van der Waals surface area contributed by atoms with Gasteiger partial charge in [-0.1, -0.05) is 18.2 Å². The summed E-state index contributed by atoms with van der Waals surface area (Å²) in [5.41, 5.74) is 8.33. The second kappa shape index (κ2) is 8.86. The standard InChI is InChI=1S/C22H31N5O2/c1-15-16(2)29-21(25-15)14-27-10-7-17(8-11-27)13-24-22(23)26-19-9-12-28-20-6-4-3-5-18(19)20/h3-6,17,19H,7-14H2,1-2H3,(H3,23,24,26). The number of aromatic nitrogens is 1. The predicted molar refractivity (Wildman–Crippen MR) is 113 cm³/mol. The Labute approximate surface area is 172 Å². The van der Waals surface area contributed by atoms with E-state index in [4.69, 9.17) is 14.9 Å². The minimum Gasteiger partial charge on any atom is -0.493 e. The second-order valence-corrected chi connectivity index (χ2v) is 8.07. The number of aliphatic imine (C=N–C) groups is 1. The number of nitrogens with zero attached hydrogens (tertiary/aromatic N) is 3. The third kappa shape index (κ3) is 4.90. The normalized spacial score (nSPS) is 20.9. The van der Waals surface area contributed by atoms with Crippen molar-refractivity contribution in [3.8, 4) is 5.75 Å². The van der Waals surface area contributed by atoms with E-state index >= 15 is 0 Å². The highest BCUT2D eigenvalue weighted by molar-refractivity contribution is 5.78. The summed E-state index contributed by atoms with van der Waals surface area (Å²) < 4.78 is 11.4. The molecule has 29 heavy (non-hydrogen) atoms. The molecule has 2 aliphatic heterocycles. The fourth-order valence-electron chi connectivity index (χ4n) is 4.07. The zero-order valence-electron chi connectivity index (χ0n) is 17.4. The van der Waals surface area contributed by atoms with Crippen LogP contribution in [-0.4, -0.2) is 42.1 Å². The first-order valence-corrected chi connectivity index (χ1v) is 10.5. The number of piperidine rings is 1. The van der Waals surface area contributed by atoms with E-state index < -0.39 is 0 Å². The van der Waals surface area contributed by atoms with Crippen LogP contribution < -0.4 is 15.8 Å². The fourth-order valence-corrected chi connectivity index (χ4v) is 4.07. The van der Waals surface area contributed by atoms with Gasteiger partial charge in [0.15, 0.2) is 5.96 Å². The van der Waals surface area contributed by atoms with Gasteiger partial charge in [-0.15, -0.1) is 0 Å². The largest absolute Gasteiger partial charge is 0.493 e. The molecule has 0 bridgehead atoms. The summed E-state index contributed by atoms with van der Waals surface area (Å²) in [5.74, 6) is 3.77. The summed E-state index contributed by atoms with van der Waals surface area (Å²) in [4.78, 5) is 11.5. The van der Waals surface area contributed by atoms with E-state index in [1.807, 2.05) is 32.0 Å². The molecular formula is C22H31N5O2. The van der Waals surface area contributed by atoms with Crippen LogP contribution in [-0.2, 0) is 6.54 Å². The number of fused-ring (bicyclic) bond motifs is 1. The van der Waals surface area contributed by atoms with Crippen molar-refractivity contribution in [3.63, 3.8) is 0 Å². The summed E-state index contributed by atoms with van der Waals surface area (Å²) in [6, 6.07) is 8.29. The first-order valence-electron chi connectivity index (χ1n) is 10.5.